The van der Waals surface area contributed by atoms with Crippen LogP contribution >= 0.6 is 11.3 Å². The summed E-state index contributed by atoms with van der Waals surface area (Å²) < 4.78 is 31.5. The molecule has 0 N–H and O–H groups in total. The summed E-state index contributed by atoms with van der Waals surface area (Å²) in [5.74, 6) is -1.28. The van der Waals surface area contributed by atoms with E-state index in [0.717, 1.165) is 42.9 Å². The maximum absolute atomic E-state index is 11.4. The van der Waals surface area contributed by atoms with Gasteiger partial charge in [-0.1, -0.05) is 26.2 Å². The van der Waals surface area contributed by atoms with Gasteiger partial charge >= 0.3 is 11.9 Å². The molecule has 266 valence electrons. The van der Waals surface area contributed by atoms with Crippen molar-refractivity contribution in [1.82, 2.24) is 0 Å². The van der Waals surface area contributed by atoms with E-state index in [1.807, 2.05) is 19.1 Å². The van der Waals surface area contributed by atoms with Crippen LogP contribution in [0.2, 0.25) is 0 Å². The van der Waals surface area contributed by atoms with E-state index in [4.69, 9.17) is 30.3 Å². The number of hydrogen-bond acceptors (Lipinski definition) is 13. The molecular weight excluding hydrogens is 650 g/mol. The molecule has 0 amide bonds. The Bertz CT molecular complexity index is 1450. The predicted octanol–water partition coefficient (Wildman–Crippen LogP) is 6.93. The highest BCUT2D eigenvalue weighted by molar-refractivity contribution is 7.17. The molecule has 0 radical (unpaired) electrons. The summed E-state index contributed by atoms with van der Waals surface area (Å²) in [4.78, 5) is 28.7. The average Bonchev–Trinajstić information content (AvgIpc) is 3.42. The zero-order chi connectivity index (χ0) is 35.7. The highest BCUT2D eigenvalue weighted by Gasteiger charge is 2.15. The third-order valence-electron chi connectivity index (χ3n) is 7.04. The van der Waals surface area contributed by atoms with E-state index in [1.165, 1.54) is 37.7 Å². The molecule has 0 atom stereocenters. The van der Waals surface area contributed by atoms with Crippen molar-refractivity contribution in [3.63, 3.8) is 0 Å². The number of unbranched alkanes of at least 4 members (excludes halogenated alkanes) is 3. The second kappa shape index (κ2) is 24.9. The van der Waals surface area contributed by atoms with E-state index in [2.05, 4.69) is 43.8 Å². The summed E-state index contributed by atoms with van der Waals surface area (Å²) in [6.07, 6.45) is 6.62. The number of carbonyl (C=O) groups is 2. The van der Waals surface area contributed by atoms with Crippen LogP contribution in [0.25, 0.3) is 4.85 Å². The Morgan fingerprint density at radius 1 is 0.898 bits per heavy atom. The van der Waals surface area contributed by atoms with Crippen LogP contribution in [0.3, 0.4) is 0 Å². The molecule has 0 aliphatic heterocycles. The lowest BCUT2D eigenvalue weighted by Gasteiger charge is -2.25. The molecule has 14 heteroatoms. The van der Waals surface area contributed by atoms with Gasteiger partial charge in [0.15, 0.2) is 0 Å². The molecule has 1 heterocycles. The topological polar surface area (TPSA) is 146 Å². The second-order valence-electron chi connectivity index (χ2n) is 10.6. The maximum atomic E-state index is 11.4. The maximum Gasteiger partial charge on any atom is 0.331 e. The number of nitriles is 1. The molecule has 0 spiro atoms. The third kappa shape index (κ3) is 16.2. The van der Waals surface area contributed by atoms with Crippen LogP contribution in [0.4, 0.5) is 22.1 Å². The third-order valence-corrected chi connectivity index (χ3v) is 8.11. The number of hydrogen-bond donors (Lipinski definition) is 0. The summed E-state index contributed by atoms with van der Waals surface area (Å²) in [7, 11) is 1.22. The molecule has 0 unspecified atom stereocenters. The molecule has 0 bridgehead atoms. The molecule has 2 rings (SSSR count). The first kappa shape index (κ1) is 41.0. The molecule has 0 aliphatic carbocycles. The average molecular weight is 698 g/mol. The normalized spacial score (nSPS) is 11.1. The number of methoxy groups -OCH3 is 1. The largest absolute Gasteiger partial charge is 0.466 e. The van der Waals surface area contributed by atoms with E-state index in [1.54, 1.807) is 6.92 Å². The van der Waals surface area contributed by atoms with Crippen molar-refractivity contribution in [1.29, 1.82) is 5.26 Å². The first-order valence-corrected chi connectivity index (χ1v) is 17.1. The molecule has 2 aromatic rings. The Kier molecular flexibility index (Phi) is 20.8. The van der Waals surface area contributed by atoms with Crippen LogP contribution in [-0.4, -0.2) is 91.6 Å². The number of anilines is 1. The van der Waals surface area contributed by atoms with Gasteiger partial charge in [0.25, 0.3) is 0 Å². The van der Waals surface area contributed by atoms with Crippen molar-refractivity contribution >= 4 is 45.3 Å². The van der Waals surface area contributed by atoms with Crippen LogP contribution in [0.15, 0.2) is 40.6 Å². The van der Waals surface area contributed by atoms with Gasteiger partial charge in [0, 0.05) is 30.9 Å². The number of benzene rings is 1. The minimum atomic E-state index is -0.646. The quantitative estimate of drug-likeness (QED) is 0.0352. The summed E-state index contributed by atoms with van der Waals surface area (Å²) in [5, 5.41) is 18.5. The molecule has 0 aliphatic rings. The minimum Gasteiger partial charge on any atom is -0.466 e. The number of aryl methyl sites for hydroxylation is 1. The molecule has 13 nitrogen and oxygen atoms in total. The van der Waals surface area contributed by atoms with Gasteiger partial charge in [-0.05, 0) is 49.6 Å². The highest BCUT2D eigenvalue weighted by Crippen LogP contribution is 2.42. The van der Waals surface area contributed by atoms with Gasteiger partial charge in [-0.3, -0.25) is 0 Å². The van der Waals surface area contributed by atoms with Gasteiger partial charge in [0.1, 0.15) is 17.7 Å². The van der Waals surface area contributed by atoms with E-state index < -0.39 is 11.9 Å². The van der Waals surface area contributed by atoms with Crippen molar-refractivity contribution in [2.45, 2.75) is 46.5 Å². The van der Waals surface area contributed by atoms with Crippen LogP contribution in [0, 0.1) is 31.8 Å². The molecule has 1 aromatic carbocycles. The standard InChI is InChI=1S/C35H47N5O8S/c1-6-7-8-9-14-40(29-10-11-30(27(2)25-29)38-39-35-34(37-4)28(3)31(26-36)49-35)15-16-44-17-18-45-19-20-46-21-22-47-23-24-48-33(42)13-12-32(41)43-5/h10-13,25H,6-9,14-24H2,1-3,5H3/b13-12-,39-38?. The Hall–Kier alpha value is -4.18. The van der Waals surface area contributed by atoms with Gasteiger partial charge in [0.2, 0.25) is 5.69 Å². The number of thiophene rings is 1. The van der Waals surface area contributed by atoms with Crippen molar-refractivity contribution in [3.8, 4) is 6.07 Å². The van der Waals surface area contributed by atoms with Crippen molar-refractivity contribution in [2.75, 3.05) is 84.6 Å². The van der Waals surface area contributed by atoms with E-state index in [0.29, 0.717) is 73.1 Å². The fourth-order valence-electron chi connectivity index (χ4n) is 4.33. The second-order valence-corrected chi connectivity index (χ2v) is 11.6. The van der Waals surface area contributed by atoms with Gasteiger partial charge in [-0.15, -0.1) is 11.3 Å². The lowest BCUT2D eigenvalue weighted by Crippen LogP contribution is -2.29. The zero-order valence-corrected chi connectivity index (χ0v) is 29.7. The van der Waals surface area contributed by atoms with Crippen LogP contribution < -0.4 is 4.90 Å². The summed E-state index contributed by atoms with van der Waals surface area (Å²) in [5.41, 5.74) is 3.79. The van der Waals surface area contributed by atoms with Crippen LogP contribution in [0.1, 0.15) is 48.6 Å². The number of nitrogens with zero attached hydrogens (tertiary/aromatic N) is 5. The first-order chi connectivity index (χ1) is 23.8. The van der Waals surface area contributed by atoms with Crippen molar-refractivity contribution in [2.24, 2.45) is 10.2 Å². The smallest absolute Gasteiger partial charge is 0.331 e. The predicted molar refractivity (Wildman–Crippen MR) is 187 cm³/mol. The van der Waals surface area contributed by atoms with Crippen molar-refractivity contribution < 1.29 is 38.0 Å². The summed E-state index contributed by atoms with van der Waals surface area (Å²) >= 11 is 1.18. The van der Waals surface area contributed by atoms with Gasteiger partial charge in [-0.25, -0.2) is 14.4 Å². The first-order valence-electron chi connectivity index (χ1n) is 16.3. The molecule has 0 saturated heterocycles. The number of esters is 2. The van der Waals surface area contributed by atoms with Gasteiger partial charge in [0.05, 0.1) is 77.1 Å². The molecular formula is C35H47N5O8S. The van der Waals surface area contributed by atoms with Gasteiger partial charge in [-0.2, -0.15) is 15.5 Å². The van der Waals surface area contributed by atoms with Crippen molar-refractivity contribution in [3.05, 3.63) is 57.8 Å². The Labute approximate surface area is 293 Å². The summed E-state index contributed by atoms with van der Waals surface area (Å²) in [6.45, 7) is 18.4. The Morgan fingerprint density at radius 3 is 2.12 bits per heavy atom. The number of rotatable bonds is 25. The highest BCUT2D eigenvalue weighted by atomic mass is 32.1. The Morgan fingerprint density at radius 2 is 1.53 bits per heavy atom. The number of azo groups is 1. The number of carbonyl (C=O) groups excluding carboxylic acids is 2. The fraction of sp³-hybridized carbons (Fsp3) is 0.543. The van der Waals surface area contributed by atoms with Crippen LogP contribution in [-0.2, 0) is 38.0 Å². The molecule has 1 aromatic heterocycles. The van der Waals surface area contributed by atoms with E-state index in [-0.39, 0.29) is 13.2 Å². The lowest BCUT2D eigenvalue weighted by atomic mass is 10.1. The summed E-state index contributed by atoms with van der Waals surface area (Å²) in [6, 6.07) is 8.19. The minimum absolute atomic E-state index is 0.0670. The molecule has 0 saturated carbocycles. The molecule has 49 heavy (non-hydrogen) atoms. The lowest BCUT2D eigenvalue weighted by molar-refractivity contribution is -0.140. The van der Waals surface area contributed by atoms with E-state index >= 15 is 0 Å². The van der Waals surface area contributed by atoms with E-state index in [9.17, 15) is 14.9 Å². The molecule has 0 fully saturated rings. The number of ether oxygens (including phenoxy) is 6. The zero-order valence-electron chi connectivity index (χ0n) is 28.9. The Balaban J connectivity index is 1.68. The van der Waals surface area contributed by atoms with Gasteiger partial charge < -0.3 is 33.3 Å². The van der Waals surface area contributed by atoms with Crippen LogP contribution in [0.5, 0.6) is 0 Å². The SMILES string of the molecule is [C-]#[N+]c1c(N=Nc2ccc(N(CCCCCC)CCOCCOCCOCCOCCOC(=O)/C=C\C(=O)OC)cc2C)sc(C#N)c1C. The fourth-order valence-corrected chi connectivity index (χ4v) is 5.20. The monoisotopic (exact) mass is 697 g/mol.